The van der Waals surface area contributed by atoms with Gasteiger partial charge in [0.2, 0.25) is 0 Å². The normalized spacial score (nSPS) is 23.6. The number of nitrogens with zero attached hydrogens (tertiary/aromatic N) is 2. The van der Waals surface area contributed by atoms with Gasteiger partial charge in [0.1, 0.15) is 4.83 Å². The van der Waals surface area contributed by atoms with Crippen LogP contribution < -0.4 is 5.32 Å². The molecule has 2 aliphatic carbocycles. The Morgan fingerprint density at radius 3 is 2.74 bits per heavy atom. The maximum absolute atomic E-state index is 12.8. The summed E-state index contributed by atoms with van der Waals surface area (Å²) in [6, 6.07) is 2.48. The number of fused-ring (bicyclic) bond motifs is 1. The summed E-state index contributed by atoms with van der Waals surface area (Å²) in [7, 11) is 1.42. The first-order chi connectivity index (χ1) is 13.1. The molecule has 0 aliphatic heterocycles. The van der Waals surface area contributed by atoms with Gasteiger partial charge in [0.05, 0.1) is 29.6 Å². The van der Waals surface area contributed by atoms with Crippen molar-refractivity contribution < 1.29 is 14.3 Å². The van der Waals surface area contributed by atoms with Gasteiger partial charge in [0.15, 0.2) is 0 Å². The number of rotatable bonds is 4. The molecule has 0 spiro atoms. The molecule has 0 aromatic carbocycles. The second kappa shape index (κ2) is 7.62. The van der Waals surface area contributed by atoms with Crippen molar-refractivity contribution in [1.82, 2.24) is 15.1 Å². The summed E-state index contributed by atoms with van der Waals surface area (Å²) >= 11 is 1.54. The zero-order chi connectivity index (χ0) is 19.0. The van der Waals surface area contributed by atoms with E-state index in [0.717, 1.165) is 33.6 Å². The molecule has 7 heteroatoms. The van der Waals surface area contributed by atoms with E-state index in [1.54, 1.807) is 0 Å². The molecule has 2 fully saturated rings. The molecule has 2 atom stereocenters. The van der Waals surface area contributed by atoms with E-state index in [-0.39, 0.29) is 23.8 Å². The van der Waals surface area contributed by atoms with Crippen LogP contribution in [-0.4, -0.2) is 34.8 Å². The van der Waals surface area contributed by atoms with E-state index in [2.05, 4.69) is 10.00 Å². The smallest absolute Gasteiger partial charge is 0.308 e. The second-order valence-electron chi connectivity index (χ2n) is 7.85. The highest BCUT2D eigenvalue weighted by Crippen LogP contribution is 2.35. The van der Waals surface area contributed by atoms with Crippen LogP contribution in [0.2, 0.25) is 0 Å². The van der Waals surface area contributed by atoms with E-state index < -0.39 is 0 Å². The molecule has 0 unspecified atom stereocenters. The molecule has 4 rings (SSSR count). The Bertz CT molecular complexity index is 850. The van der Waals surface area contributed by atoms with E-state index in [4.69, 9.17) is 9.84 Å². The van der Waals surface area contributed by atoms with Crippen molar-refractivity contribution in [3.8, 4) is 0 Å². The first-order valence-electron chi connectivity index (χ1n) is 9.94. The van der Waals surface area contributed by atoms with Gasteiger partial charge in [-0.25, -0.2) is 0 Å². The third-order valence-corrected chi connectivity index (χ3v) is 7.14. The quantitative estimate of drug-likeness (QED) is 0.803. The highest BCUT2D eigenvalue weighted by molar-refractivity contribution is 7.20. The first-order valence-corrected chi connectivity index (χ1v) is 10.8. The molecular formula is C20H27N3O3S. The zero-order valence-corrected chi connectivity index (χ0v) is 16.8. The molecule has 6 nitrogen and oxygen atoms in total. The fraction of sp³-hybridized carbons (Fsp3) is 0.650. The summed E-state index contributed by atoms with van der Waals surface area (Å²) in [4.78, 5) is 26.3. The molecule has 1 amide bonds. The summed E-state index contributed by atoms with van der Waals surface area (Å²) < 4.78 is 6.99. The predicted octanol–water partition coefficient (Wildman–Crippen LogP) is 3.98. The lowest BCUT2D eigenvalue weighted by Gasteiger charge is -2.22. The van der Waals surface area contributed by atoms with Crippen molar-refractivity contribution >= 4 is 33.4 Å². The number of hydrogen-bond acceptors (Lipinski definition) is 5. The largest absolute Gasteiger partial charge is 0.469 e. The lowest BCUT2D eigenvalue weighted by Crippen LogP contribution is -2.32. The maximum atomic E-state index is 12.8. The van der Waals surface area contributed by atoms with Crippen molar-refractivity contribution in [3.05, 3.63) is 16.6 Å². The van der Waals surface area contributed by atoms with Crippen molar-refractivity contribution in [1.29, 1.82) is 0 Å². The minimum Gasteiger partial charge on any atom is -0.469 e. The molecule has 2 aliphatic rings. The molecule has 0 bridgehead atoms. The summed E-state index contributed by atoms with van der Waals surface area (Å²) in [6.45, 7) is 2.02. The minimum absolute atomic E-state index is 0.0405. The van der Waals surface area contributed by atoms with Gasteiger partial charge < -0.3 is 10.1 Å². The van der Waals surface area contributed by atoms with E-state index in [9.17, 15) is 9.59 Å². The van der Waals surface area contributed by atoms with Gasteiger partial charge in [0, 0.05) is 11.4 Å². The fourth-order valence-electron chi connectivity index (χ4n) is 4.51. The van der Waals surface area contributed by atoms with Gasteiger partial charge in [-0.1, -0.05) is 19.3 Å². The van der Waals surface area contributed by atoms with Gasteiger partial charge in [-0.2, -0.15) is 5.10 Å². The minimum atomic E-state index is -0.170. The topological polar surface area (TPSA) is 73.2 Å². The van der Waals surface area contributed by atoms with Crippen LogP contribution in [0, 0.1) is 12.8 Å². The third kappa shape index (κ3) is 3.61. The average molecular weight is 390 g/mol. The molecule has 1 N–H and O–H groups in total. The van der Waals surface area contributed by atoms with Crippen LogP contribution in [0.1, 0.15) is 72.8 Å². The number of amides is 1. The van der Waals surface area contributed by atoms with Crippen molar-refractivity contribution in [2.45, 2.75) is 70.4 Å². The summed E-state index contributed by atoms with van der Waals surface area (Å²) in [5.41, 5.74) is 0.998. The molecule has 0 saturated heterocycles. The number of esters is 1. The number of methoxy groups -OCH3 is 1. The Balaban J connectivity index is 1.49. The lowest BCUT2D eigenvalue weighted by atomic mass is 9.96. The molecule has 2 saturated carbocycles. The van der Waals surface area contributed by atoms with Crippen LogP contribution in [0.3, 0.4) is 0 Å². The lowest BCUT2D eigenvalue weighted by molar-refractivity contribution is -0.145. The van der Waals surface area contributed by atoms with Crippen LogP contribution in [0.15, 0.2) is 6.07 Å². The number of aromatic nitrogens is 2. The number of hydrogen-bond donors (Lipinski definition) is 1. The Labute approximate surface area is 163 Å². The SMILES string of the molecule is COC(=O)[C@H]1CC[C@H](NC(=O)c2cc3c(C)nn(C4CCCCC4)c3s2)C1. The number of ether oxygens (including phenoxy) is 1. The molecule has 2 heterocycles. The van der Waals surface area contributed by atoms with Crippen LogP contribution >= 0.6 is 11.3 Å². The Hall–Kier alpha value is -1.89. The van der Waals surface area contributed by atoms with Crippen molar-refractivity contribution in [3.63, 3.8) is 0 Å². The van der Waals surface area contributed by atoms with E-state index >= 15 is 0 Å². The maximum Gasteiger partial charge on any atom is 0.308 e. The molecule has 0 radical (unpaired) electrons. The Kier molecular flexibility index (Phi) is 5.21. The molecule has 2 aromatic heterocycles. The van der Waals surface area contributed by atoms with Crippen molar-refractivity contribution in [2.75, 3.05) is 7.11 Å². The van der Waals surface area contributed by atoms with Gasteiger partial charge in [-0.3, -0.25) is 14.3 Å². The third-order valence-electron chi connectivity index (χ3n) is 6.01. The predicted molar refractivity (Wildman–Crippen MR) is 105 cm³/mol. The molecular weight excluding hydrogens is 362 g/mol. The van der Waals surface area contributed by atoms with Gasteiger partial charge in [-0.05, 0) is 45.1 Å². The first kappa shape index (κ1) is 18.5. The monoisotopic (exact) mass is 389 g/mol. The van der Waals surface area contributed by atoms with Crippen molar-refractivity contribution in [2.24, 2.45) is 5.92 Å². The van der Waals surface area contributed by atoms with E-state index in [1.165, 1.54) is 50.6 Å². The number of carbonyl (C=O) groups excluding carboxylic acids is 2. The standard InChI is InChI=1S/C20H27N3O3S/c1-12-16-11-17(18(24)21-14-9-8-13(10-14)20(25)26-2)27-19(16)23(22-12)15-6-4-3-5-7-15/h11,13-15H,3-10H2,1-2H3,(H,21,24)/t13-,14-/m0/s1. The number of carbonyl (C=O) groups is 2. The second-order valence-corrected chi connectivity index (χ2v) is 8.89. The van der Waals surface area contributed by atoms with Crippen LogP contribution in [0.25, 0.3) is 10.2 Å². The highest BCUT2D eigenvalue weighted by Gasteiger charge is 2.32. The molecule has 2 aromatic rings. The number of thiophene rings is 1. The van der Waals surface area contributed by atoms with Crippen LogP contribution in [-0.2, 0) is 9.53 Å². The highest BCUT2D eigenvalue weighted by atomic mass is 32.1. The van der Waals surface area contributed by atoms with Crippen LogP contribution in [0.5, 0.6) is 0 Å². The zero-order valence-electron chi connectivity index (χ0n) is 16.0. The summed E-state index contributed by atoms with van der Waals surface area (Å²) in [6.07, 6.45) is 8.44. The average Bonchev–Trinajstić information content (AvgIpc) is 3.39. The number of nitrogens with one attached hydrogen (secondary N) is 1. The van der Waals surface area contributed by atoms with Crippen LogP contribution in [0.4, 0.5) is 0 Å². The van der Waals surface area contributed by atoms with Gasteiger partial charge >= 0.3 is 5.97 Å². The van der Waals surface area contributed by atoms with Gasteiger partial charge in [0.25, 0.3) is 5.91 Å². The summed E-state index contributed by atoms with van der Waals surface area (Å²) in [5, 5.41) is 8.96. The Morgan fingerprint density at radius 1 is 1.22 bits per heavy atom. The van der Waals surface area contributed by atoms with Gasteiger partial charge in [-0.15, -0.1) is 11.3 Å². The molecule has 27 heavy (non-hydrogen) atoms. The van der Waals surface area contributed by atoms with E-state index in [1.807, 2.05) is 13.0 Å². The fourth-order valence-corrected chi connectivity index (χ4v) is 5.64. The van der Waals surface area contributed by atoms with E-state index in [0.29, 0.717) is 12.5 Å². The summed E-state index contributed by atoms with van der Waals surface area (Å²) in [5.74, 6) is -0.303. The molecule has 146 valence electrons. The Morgan fingerprint density at radius 2 is 2.00 bits per heavy atom. The number of aryl methyl sites for hydroxylation is 1.